The predicted molar refractivity (Wildman–Crippen MR) is 82.3 cm³/mol. The zero-order valence-corrected chi connectivity index (χ0v) is 13.2. The summed E-state index contributed by atoms with van der Waals surface area (Å²) in [5.74, 6) is -1.79. The number of fused-ring (bicyclic) bond motifs is 1. The molecule has 0 aliphatic heterocycles. The molecule has 0 radical (unpaired) electrons. The fourth-order valence-electron chi connectivity index (χ4n) is 2.32. The second-order valence-electron chi connectivity index (χ2n) is 5.36. The summed E-state index contributed by atoms with van der Waals surface area (Å²) in [6, 6.07) is 7.16. The summed E-state index contributed by atoms with van der Waals surface area (Å²) in [5, 5.41) is 12.5. The van der Waals surface area contributed by atoms with Crippen molar-refractivity contribution in [2.24, 2.45) is 0 Å². The third kappa shape index (κ3) is 3.35. The van der Waals surface area contributed by atoms with Crippen LogP contribution in [0.5, 0.6) is 0 Å². The van der Waals surface area contributed by atoms with Crippen LogP contribution in [-0.2, 0) is 20.9 Å². The number of carboxylic acids is 1. The summed E-state index contributed by atoms with van der Waals surface area (Å²) in [6.07, 6.45) is 0. The number of carbonyl (C=O) groups is 2. The van der Waals surface area contributed by atoms with Gasteiger partial charge in [0.1, 0.15) is 5.58 Å². The van der Waals surface area contributed by atoms with Crippen LogP contribution in [-0.4, -0.2) is 43.3 Å². The summed E-state index contributed by atoms with van der Waals surface area (Å²) >= 11 is 0. The second kappa shape index (κ2) is 6.80. The average Bonchev–Trinajstić information content (AvgIpc) is 2.87. The summed E-state index contributed by atoms with van der Waals surface area (Å²) in [5.41, 5.74) is -0.450. The Hall–Kier alpha value is -2.38. The summed E-state index contributed by atoms with van der Waals surface area (Å²) in [7, 11) is 2.88. The van der Waals surface area contributed by atoms with Crippen molar-refractivity contribution in [1.82, 2.24) is 5.32 Å². The summed E-state index contributed by atoms with van der Waals surface area (Å²) in [4.78, 5) is 23.9. The van der Waals surface area contributed by atoms with Gasteiger partial charge in [-0.25, -0.2) is 4.79 Å². The molecule has 0 bridgehead atoms. The van der Waals surface area contributed by atoms with Crippen molar-refractivity contribution < 1.29 is 28.6 Å². The van der Waals surface area contributed by atoms with Gasteiger partial charge in [0.05, 0.1) is 13.2 Å². The molecular weight excluding hydrogens is 302 g/mol. The number of hydrogen-bond donors (Lipinski definition) is 2. The molecule has 23 heavy (non-hydrogen) atoms. The number of carboxylic acid groups (broad SMARTS) is 1. The monoisotopic (exact) mass is 321 g/mol. The molecule has 124 valence electrons. The minimum Gasteiger partial charge on any atom is -0.479 e. The molecule has 0 aliphatic rings. The molecule has 2 aromatic rings. The second-order valence-corrected chi connectivity index (χ2v) is 5.36. The molecule has 0 aliphatic carbocycles. The first-order valence-corrected chi connectivity index (χ1v) is 6.97. The molecule has 7 heteroatoms. The molecular formula is C16H19NO6. The zero-order chi connectivity index (χ0) is 17.0. The fraction of sp³-hybridized carbons (Fsp3) is 0.375. The van der Waals surface area contributed by atoms with Gasteiger partial charge in [0.2, 0.25) is 0 Å². The fourth-order valence-corrected chi connectivity index (χ4v) is 2.32. The number of aliphatic carboxylic acids is 1. The standard InChI is InChI=1S/C16H19NO6/c1-16(9-22-3,15(19)20)17-14(18)13-11(8-21-2)10-6-4-5-7-12(10)23-13/h4-7H,8-9H2,1-3H3,(H,17,18)(H,19,20). The van der Waals surface area contributed by atoms with Crippen LogP contribution in [0.1, 0.15) is 23.0 Å². The smallest absolute Gasteiger partial charge is 0.331 e. The van der Waals surface area contributed by atoms with Crippen molar-refractivity contribution in [3.63, 3.8) is 0 Å². The Morgan fingerprint density at radius 1 is 1.26 bits per heavy atom. The van der Waals surface area contributed by atoms with E-state index in [9.17, 15) is 14.7 Å². The van der Waals surface area contributed by atoms with E-state index in [0.717, 1.165) is 5.39 Å². The van der Waals surface area contributed by atoms with Gasteiger partial charge in [-0.3, -0.25) is 4.79 Å². The van der Waals surface area contributed by atoms with Crippen molar-refractivity contribution in [3.05, 3.63) is 35.6 Å². The SMILES string of the molecule is COCc1c(C(=O)NC(C)(COC)C(=O)O)oc2ccccc12. The normalized spacial score (nSPS) is 13.7. The number of para-hydroxylation sites is 1. The van der Waals surface area contributed by atoms with E-state index in [1.165, 1.54) is 21.1 Å². The maximum Gasteiger partial charge on any atom is 0.331 e. The van der Waals surface area contributed by atoms with Crippen molar-refractivity contribution in [2.75, 3.05) is 20.8 Å². The third-order valence-corrected chi connectivity index (χ3v) is 3.49. The van der Waals surface area contributed by atoms with Gasteiger partial charge in [0.15, 0.2) is 11.3 Å². The molecule has 1 unspecified atom stereocenters. The molecule has 0 saturated heterocycles. The highest BCUT2D eigenvalue weighted by Gasteiger charge is 2.36. The topological polar surface area (TPSA) is 98.0 Å². The Morgan fingerprint density at radius 3 is 2.57 bits per heavy atom. The molecule has 2 N–H and O–H groups in total. The molecule has 1 amide bonds. The highest BCUT2D eigenvalue weighted by molar-refractivity contribution is 6.01. The van der Waals surface area contributed by atoms with Crippen LogP contribution >= 0.6 is 0 Å². The number of hydrogen-bond acceptors (Lipinski definition) is 5. The maximum absolute atomic E-state index is 12.5. The van der Waals surface area contributed by atoms with E-state index in [-0.39, 0.29) is 19.0 Å². The molecule has 1 aromatic heterocycles. The maximum atomic E-state index is 12.5. The lowest BCUT2D eigenvalue weighted by Gasteiger charge is -2.24. The number of amides is 1. The Balaban J connectivity index is 2.40. The first kappa shape index (κ1) is 17.0. The lowest BCUT2D eigenvalue weighted by Crippen LogP contribution is -2.55. The van der Waals surface area contributed by atoms with E-state index >= 15 is 0 Å². The van der Waals surface area contributed by atoms with Gasteiger partial charge in [0, 0.05) is 25.2 Å². The lowest BCUT2D eigenvalue weighted by molar-refractivity contribution is -0.145. The number of furan rings is 1. The number of nitrogens with one attached hydrogen (secondary N) is 1. The molecule has 2 rings (SSSR count). The van der Waals surface area contributed by atoms with Gasteiger partial charge in [-0.05, 0) is 13.0 Å². The lowest BCUT2D eigenvalue weighted by atomic mass is 10.0. The Morgan fingerprint density at radius 2 is 1.96 bits per heavy atom. The van der Waals surface area contributed by atoms with Crippen LogP contribution in [0, 0.1) is 0 Å². The number of carbonyl (C=O) groups excluding carboxylic acids is 1. The van der Waals surface area contributed by atoms with Crippen LogP contribution < -0.4 is 5.32 Å². The van der Waals surface area contributed by atoms with E-state index in [2.05, 4.69) is 5.32 Å². The van der Waals surface area contributed by atoms with Crippen molar-refractivity contribution >= 4 is 22.8 Å². The first-order chi connectivity index (χ1) is 10.9. The van der Waals surface area contributed by atoms with E-state index in [1.54, 1.807) is 12.1 Å². The number of methoxy groups -OCH3 is 2. The summed E-state index contributed by atoms with van der Waals surface area (Å²) in [6.45, 7) is 1.37. The van der Waals surface area contributed by atoms with Gasteiger partial charge in [0.25, 0.3) is 5.91 Å². The molecule has 1 heterocycles. The Labute approximate surface area is 133 Å². The molecule has 7 nitrogen and oxygen atoms in total. The van der Waals surface area contributed by atoms with Crippen LogP contribution in [0.25, 0.3) is 11.0 Å². The molecule has 0 saturated carbocycles. The van der Waals surface area contributed by atoms with E-state index in [1.807, 2.05) is 12.1 Å². The molecule has 0 spiro atoms. The van der Waals surface area contributed by atoms with Crippen LogP contribution in [0.3, 0.4) is 0 Å². The van der Waals surface area contributed by atoms with Gasteiger partial charge in [-0.1, -0.05) is 18.2 Å². The average molecular weight is 321 g/mol. The highest BCUT2D eigenvalue weighted by atomic mass is 16.5. The number of rotatable bonds is 7. The number of ether oxygens (including phenoxy) is 2. The largest absolute Gasteiger partial charge is 0.479 e. The number of benzene rings is 1. The van der Waals surface area contributed by atoms with Gasteiger partial charge in [-0.15, -0.1) is 0 Å². The van der Waals surface area contributed by atoms with Crippen molar-refractivity contribution in [3.8, 4) is 0 Å². The predicted octanol–water partition coefficient (Wildman–Crippen LogP) is 1.80. The van der Waals surface area contributed by atoms with Crippen LogP contribution in [0.4, 0.5) is 0 Å². The quantitative estimate of drug-likeness (QED) is 0.807. The molecule has 1 atom stereocenters. The first-order valence-electron chi connectivity index (χ1n) is 6.97. The highest BCUT2D eigenvalue weighted by Crippen LogP contribution is 2.27. The van der Waals surface area contributed by atoms with E-state index in [4.69, 9.17) is 13.9 Å². The van der Waals surface area contributed by atoms with E-state index in [0.29, 0.717) is 11.1 Å². The third-order valence-electron chi connectivity index (χ3n) is 3.49. The summed E-state index contributed by atoms with van der Waals surface area (Å²) < 4.78 is 15.6. The minimum atomic E-state index is -1.56. The van der Waals surface area contributed by atoms with Gasteiger partial charge >= 0.3 is 5.97 Å². The molecule has 0 fully saturated rings. The van der Waals surface area contributed by atoms with Crippen molar-refractivity contribution in [2.45, 2.75) is 19.1 Å². The van der Waals surface area contributed by atoms with Gasteiger partial charge in [-0.2, -0.15) is 0 Å². The van der Waals surface area contributed by atoms with Gasteiger partial charge < -0.3 is 24.3 Å². The Bertz CT molecular complexity index is 722. The molecule has 1 aromatic carbocycles. The zero-order valence-electron chi connectivity index (χ0n) is 13.2. The van der Waals surface area contributed by atoms with E-state index < -0.39 is 17.4 Å². The van der Waals surface area contributed by atoms with Crippen LogP contribution in [0.2, 0.25) is 0 Å². The Kier molecular flexibility index (Phi) is 5.02. The van der Waals surface area contributed by atoms with Crippen LogP contribution in [0.15, 0.2) is 28.7 Å². The van der Waals surface area contributed by atoms with Crippen molar-refractivity contribution in [1.29, 1.82) is 0 Å². The minimum absolute atomic E-state index is 0.0385.